The van der Waals surface area contributed by atoms with Gasteiger partial charge < -0.3 is 19.1 Å². The number of halogens is 1. The number of amides is 3. The Bertz CT molecular complexity index is 1760. The molecule has 1 aliphatic rings. The fourth-order valence-corrected chi connectivity index (χ4v) is 4.79. The van der Waals surface area contributed by atoms with Gasteiger partial charge in [-0.15, -0.1) is 0 Å². The number of fused-ring (bicyclic) bond motifs is 1. The highest BCUT2D eigenvalue weighted by Gasteiger charge is 2.37. The molecule has 1 aromatic heterocycles. The van der Waals surface area contributed by atoms with Crippen molar-refractivity contribution in [3.05, 3.63) is 120 Å². The number of urea groups is 1. The Morgan fingerprint density at radius 1 is 0.810 bits per heavy atom. The lowest BCUT2D eigenvalue weighted by Crippen LogP contribution is -2.32. The smallest absolute Gasteiger partial charge is 0.332 e. The van der Waals surface area contributed by atoms with E-state index in [1.807, 2.05) is 60.7 Å². The second kappa shape index (κ2) is 11.6. The first-order chi connectivity index (χ1) is 20.5. The van der Waals surface area contributed by atoms with Crippen LogP contribution >= 0.6 is 0 Å². The maximum Gasteiger partial charge on any atom is 0.332 e. The third-order valence-corrected chi connectivity index (χ3v) is 6.87. The molecule has 6 rings (SSSR count). The van der Waals surface area contributed by atoms with Crippen LogP contribution < -0.4 is 19.1 Å². The maximum atomic E-state index is 15.3. The van der Waals surface area contributed by atoms with Crippen molar-refractivity contribution < 1.29 is 28.2 Å². The molecule has 0 spiro atoms. The number of rotatable bonds is 9. The number of ether oxygens (including phenoxy) is 3. The number of hydrogen-bond acceptors (Lipinski definition) is 6. The molecule has 0 atom stereocenters. The van der Waals surface area contributed by atoms with Crippen LogP contribution in [0.1, 0.15) is 11.1 Å². The molecule has 0 aliphatic carbocycles. The van der Waals surface area contributed by atoms with Gasteiger partial charge in [-0.1, -0.05) is 60.7 Å². The second-order valence-electron chi connectivity index (χ2n) is 9.67. The van der Waals surface area contributed by atoms with Crippen LogP contribution in [0.4, 0.5) is 14.9 Å². The predicted octanol–water partition coefficient (Wildman–Crippen LogP) is 6.72. The Balaban J connectivity index is 1.22. The molecule has 3 amide bonds. The molecule has 9 heteroatoms. The summed E-state index contributed by atoms with van der Waals surface area (Å²) in [5.41, 5.74) is 2.60. The second-order valence-corrected chi connectivity index (χ2v) is 9.67. The fourth-order valence-electron chi connectivity index (χ4n) is 4.79. The number of imide groups is 1. The molecule has 0 N–H and O–H groups in total. The zero-order valence-corrected chi connectivity index (χ0v) is 22.7. The molecule has 1 aliphatic heterocycles. The number of pyridine rings is 1. The van der Waals surface area contributed by atoms with E-state index in [0.29, 0.717) is 34.8 Å². The number of carbonyl (C=O) groups is 2. The molecule has 210 valence electrons. The lowest BCUT2D eigenvalue weighted by atomic mass is 10.1. The minimum absolute atomic E-state index is 0.0742. The number of benzene rings is 4. The highest BCUT2D eigenvalue weighted by molar-refractivity contribution is 6.19. The van der Waals surface area contributed by atoms with E-state index in [-0.39, 0.29) is 24.5 Å². The van der Waals surface area contributed by atoms with Crippen LogP contribution in [0.2, 0.25) is 0 Å². The lowest BCUT2D eigenvalue weighted by Gasteiger charge is -2.18. The van der Waals surface area contributed by atoms with Crippen LogP contribution in [0.3, 0.4) is 0 Å². The fraction of sp³-hybridized carbons (Fsp3) is 0.121. The molecular formula is C33H26FN3O5. The van der Waals surface area contributed by atoms with Crippen molar-refractivity contribution in [2.75, 3.05) is 18.6 Å². The van der Waals surface area contributed by atoms with Gasteiger partial charge in [0.2, 0.25) is 0 Å². The van der Waals surface area contributed by atoms with Gasteiger partial charge >= 0.3 is 6.03 Å². The minimum Gasteiger partial charge on any atom is -0.493 e. The third kappa shape index (κ3) is 5.44. The summed E-state index contributed by atoms with van der Waals surface area (Å²) < 4.78 is 32.8. The van der Waals surface area contributed by atoms with Gasteiger partial charge in [-0.25, -0.2) is 14.1 Å². The molecule has 0 radical (unpaired) electrons. The molecule has 5 aromatic rings. The Morgan fingerprint density at radius 3 is 2.26 bits per heavy atom. The largest absolute Gasteiger partial charge is 0.493 e. The number of methoxy groups -OCH3 is 1. The molecule has 1 fully saturated rings. The first-order valence-electron chi connectivity index (χ1n) is 13.3. The maximum absolute atomic E-state index is 15.3. The van der Waals surface area contributed by atoms with E-state index in [2.05, 4.69) is 4.98 Å². The molecule has 8 nitrogen and oxygen atoms in total. The number of carbonyl (C=O) groups excluding carboxylic acids is 2. The monoisotopic (exact) mass is 563 g/mol. The van der Waals surface area contributed by atoms with Crippen LogP contribution in [0.25, 0.3) is 10.9 Å². The summed E-state index contributed by atoms with van der Waals surface area (Å²) in [6, 6.07) is 27.7. The van der Waals surface area contributed by atoms with Gasteiger partial charge in [0, 0.05) is 30.3 Å². The van der Waals surface area contributed by atoms with E-state index in [9.17, 15) is 9.59 Å². The van der Waals surface area contributed by atoms with E-state index in [1.165, 1.54) is 24.1 Å². The molecule has 1 saturated heterocycles. The summed E-state index contributed by atoms with van der Waals surface area (Å²) >= 11 is 0. The SMILES string of the molecule is COc1cc2c(Oc3ccc(N4C(=O)CN(Cc5ccccc5)C4=O)cc3F)ccnc2cc1OCc1ccccc1. The quantitative estimate of drug-likeness (QED) is 0.185. The van der Waals surface area contributed by atoms with Crippen molar-refractivity contribution in [1.29, 1.82) is 0 Å². The molecule has 2 heterocycles. The van der Waals surface area contributed by atoms with E-state index in [0.717, 1.165) is 22.1 Å². The van der Waals surface area contributed by atoms with Gasteiger partial charge in [-0.2, -0.15) is 0 Å². The van der Waals surface area contributed by atoms with Crippen molar-refractivity contribution in [2.45, 2.75) is 13.2 Å². The summed E-state index contributed by atoms with van der Waals surface area (Å²) in [6.07, 6.45) is 1.56. The van der Waals surface area contributed by atoms with Crippen LogP contribution in [0.15, 0.2) is 103 Å². The van der Waals surface area contributed by atoms with Crippen molar-refractivity contribution in [1.82, 2.24) is 9.88 Å². The Morgan fingerprint density at radius 2 is 1.55 bits per heavy atom. The number of aromatic nitrogens is 1. The van der Waals surface area contributed by atoms with Crippen molar-refractivity contribution in [2.24, 2.45) is 0 Å². The van der Waals surface area contributed by atoms with Crippen molar-refractivity contribution in [3.8, 4) is 23.0 Å². The van der Waals surface area contributed by atoms with Gasteiger partial charge in [0.15, 0.2) is 23.1 Å². The van der Waals surface area contributed by atoms with Crippen molar-refractivity contribution >= 4 is 28.5 Å². The lowest BCUT2D eigenvalue weighted by molar-refractivity contribution is -0.116. The summed E-state index contributed by atoms with van der Waals surface area (Å²) in [6.45, 7) is 0.543. The van der Waals surface area contributed by atoms with Crippen LogP contribution in [0, 0.1) is 5.82 Å². The Labute approximate surface area is 241 Å². The van der Waals surface area contributed by atoms with Crippen LogP contribution in [-0.2, 0) is 17.9 Å². The molecular weight excluding hydrogens is 537 g/mol. The molecule has 0 saturated carbocycles. The van der Waals surface area contributed by atoms with E-state index >= 15 is 4.39 Å². The Hall–Kier alpha value is -5.44. The van der Waals surface area contributed by atoms with E-state index in [4.69, 9.17) is 14.2 Å². The summed E-state index contributed by atoms with van der Waals surface area (Å²) in [5.74, 6) is 0.0983. The van der Waals surface area contributed by atoms with Gasteiger partial charge in [-0.3, -0.25) is 9.78 Å². The molecule has 0 unspecified atom stereocenters. The van der Waals surface area contributed by atoms with Gasteiger partial charge in [0.1, 0.15) is 18.9 Å². The number of anilines is 1. The zero-order valence-electron chi connectivity index (χ0n) is 22.7. The molecule has 42 heavy (non-hydrogen) atoms. The zero-order chi connectivity index (χ0) is 29.1. The average Bonchev–Trinajstić information content (AvgIpc) is 3.29. The summed E-state index contributed by atoms with van der Waals surface area (Å²) in [7, 11) is 1.54. The topological polar surface area (TPSA) is 81.2 Å². The standard InChI is InChI=1S/C33H26FN3O5/c1-40-30-17-25-27(18-31(30)41-21-23-10-6-3-7-11-23)35-15-14-28(25)42-29-13-12-24(16-26(29)34)37-32(38)20-36(33(37)39)19-22-8-4-2-5-9-22/h2-18H,19-21H2,1H3. The van der Waals surface area contributed by atoms with Crippen LogP contribution in [0.5, 0.6) is 23.0 Å². The highest BCUT2D eigenvalue weighted by Crippen LogP contribution is 2.38. The van der Waals surface area contributed by atoms with Crippen molar-refractivity contribution in [3.63, 3.8) is 0 Å². The average molecular weight is 564 g/mol. The van der Waals surface area contributed by atoms with Gasteiger partial charge in [-0.05, 0) is 35.4 Å². The minimum atomic E-state index is -0.727. The summed E-state index contributed by atoms with van der Waals surface area (Å²) in [5, 5.41) is 0.589. The third-order valence-electron chi connectivity index (χ3n) is 6.87. The normalized spacial score (nSPS) is 13.1. The highest BCUT2D eigenvalue weighted by atomic mass is 19.1. The van der Waals surface area contributed by atoms with Gasteiger partial charge in [0.05, 0.1) is 18.3 Å². The first kappa shape index (κ1) is 26.8. The molecule has 0 bridgehead atoms. The Kier molecular flexibility index (Phi) is 7.38. The van der Waals surface area contributed by atoms with E-state index in [1.54, 1.807) is 24.4 Å². The van der Waals surface area contributed by atoms with E-state index < -0.39 is 17.8 Å². The van der Waals surface area contributed by atoms with Gasteiger partial charge in [0.25, 0.3) is 5.91 Å². The predicted molar refractivity (Wildman–Crippen MR) is 155 cm³/mol. The van der Waals surface area contributed by atoms with Crippen LogP contribution in [-0.4, -0.2) is 35.5 Å². The molecule has 4 aromatic carbocycles. The number of hydrogen-bond donors (Lipinski definition) is 0. The summed E-state index contributed by atoms with van der Waals surface area (Å²) in [4.78, 5) is 32.6. The first-order valence-corrected chi connectivity index (χ1v) is 13.3. The number of nitrogens with zero attached hydrogens (tertiary/aromatic N) is 3.